The topological polar surface area (TPSA) is 115 Å². The first-order valence-electron chi connectivity index (χ1n) is 10.6. The number of nitrogens with one attached hydrogen (secondary N) is 1. The lowest BCUT2D eigenvalue weighted by molar-refractivity contribution is -0.237. The van der Waals surface area contributed by atoms with Crippen LogP contribution in [0.25, 0.3) is 0 Å². The number of aromatic nitrogens is 2. The normalized spacial score (nSPS) is 22.0. The van der Waals surface area contributed by atoms with Crippen LogP contribution in [0.5, 0.6) is 11.5 Å². The number of methoxy groups -OCH3 is 3. The van der Waals surface area contributed by atoms with Crippen molar-refractivity contribution in [1.82, 2.24) is 9.97 Å². The van der Waals surface area contributed by atoms with E-state index in [9.17, 15) is 5.11 Å². The van der Waals surface area contributed by atoms with Crippen molar-refractivity contribution in [1.29, 1.82) is 0 Å². The summed E-state index contributed by atoms with van der Waals surface area (Å²) in [6.07, 6.45) is 1.60. The minimum atomic E-state index is -1.20. The molecule has 4 rings (SSSR count). The van der Waals surface area contributed by atoms with Crippen molar-refractivity contribution >= 4 is 11.4 Å². The Balaban J connectivity index is 1.87. The molecule has 2 heterocycles. The molecule has 1 aliphatic heterocycles. The number of aliphatic hydroxyl groups is 1. The number of fused-ring (bicyclic) bond motifs is 1. The zero-order chi connectivity index (χ0) is 23.6. The number of imidazole rings is 1. The Labute approximate surface area is 193 Å². The fourth-order valence-electron chi connectivity index (χ4n) is 4.43. The van der Waals surface area contributed by atoms with Gasteiger partial charge in [-0.25, -0.2) is 4.98 Å². The van der Waals surface area contributed by atoms with E-state index < -0.39 is 24.0 Å². The molecule has 1 aliphatic rings. The Morgan fingerprint density at radius 2 is 1.91 bits per heavy atom. The molecule has 9 heteroatoms. The number of anilines is 2. The zero-order valence-corrected chi connectivity index (χ0v) is 19.2. The summed E-state index contributed by atoms with van der Waals surface area (Å²) in [4.78, 5) is 9.61. The number of hydrogen-bond donors (Lipinski definition) is 3. The van der Waals surface area contributed by atoms with Crippen molar-refractivity contribution in [3.8, 4) is 11.5 Å². The average Bonchev–Trinajstić information content (AvgIpc) is 3.33. The average molecular weight is 455 g/mol. The smallest absolute Gasteiger partial charge is 0.199 e. The van der Waals surface area contributed by atoms with Gasteiger partial charge < -0.3 is 39.7 Å². The molecule has 3 aromatic rings. The molecule has 9 nitrogen and oxygen atoms in total. The number of benzene rings is 2. The number of aromatic amines is 1. The molecule has 3 atom stereocenters. The monoisotopic (exact) mass is 454 g/mol. The van der Waals surface area contributed by atoms with Crippen LogP contribution in [-0.4, -0.2) is 54.4 Å². The lowest BCUT2D eigenvalue weighted by Gasteiger charge is -2.50. The number of nitrogens with two attached hydrogens (primary N) is 1. The van der Waals surface area contributed by atoms with E-state index in [1.165, 1.54) is 14.2 Å². The van der Waals surface area contributed by atoms with Gasteiger partial charge in [0.25, 0.3) is 0 Å². The Morgan fingerprint density at radius 1 is 1.18 bits per heavy atom. The molecule has 2 aromatic carbocycles. The molecule has 0 radical (unpaired) electrons. The first-order chi connectivity index (χ1) is 15.9. The minimum Gasteiger partial charge on any atom is -0.497 e. The molecule has 0 aliphatic carbocycles. The summed E-state index contributed by atoms with van der Waals surface area (Å²) in [5.74, 6) is 2.07. The molecule has 0 unspecified atom stereocenters. The number of ether oxygens (including phenoxy) is 4. The summed E-state index contributed by atoms with van der Waals surface area (Å²) < 4.78 is 22.7. The fraction of sp³-hybridized carbons (Fsp3) is 0.375. The standard InChI is InChI=1S/C24H30N4O5/c1-24(23(31-3)32-4)22(29)21(18-13-15(25)5-10-19(18)33-24)28(14-20-26-11-12-27-20)16-6-8-17(30-2)9-7-16/h5-13,21-23,29H,14,25H2,1-4H3,(H,26,27)/t21-,22+,24+/m1/s1. The SMILES string of the molecule is COc1ccc(N(Cc2ncc[nH]2)[C@@H]2c3cc(N)ccc3O[C@](C)(C(OC)OC)[C@H]2O)cc1. The van der Waals surface area contributed by atoms with Crippen molar-refractivity contribution in [2.45, 2.75) is 37.5 Å². The summed E-state index contributed by atoms with van der Waals surface area (Å²) in [5, 5.41) is 11.8. The Morgan fingerprint density at radius 3 is 2.52 bits per heavy atom. The third kappa shape index (κ3) is 4.22. The Kier molecular flexibility index (Phi) is 6.46. The Hall–Kier alpha value is -3.27. The van der Waals surface area contributed by atoms with Gasteiger partial charge in [0, 0.05) is 43.6 Å². The highest BCUT2D eigenvalue weighted by Crippen LogP contribution is 2.47. The van der Waals surface area contributed by atoms with Crippen LogP contribution in [0.4, 0.5) is 11.4 Å². The maximum absolute atomic E-state index is 11.8. The van der Waals surface area contributed by atoms with E-state index in [1.54, 1.807) is 32.5 Å². The molecule has 0 saturated heterocycles. The molecular weight excluding hydrogens is 424 g/mol. The fourth-order valence-corrected chi connectivity index (χ4v) is 4.43. The Bertz CT molecular complexity index is 1060. The van der Waals surface area contributed by atoms with E-state index >= 15 is 0 Å². The first-order valence-corrected chi connectivity index (χ1v) is 10.6. The van der Waals surface area contributed by atoms with Gasteiger partial charge in [0.1, 0.15) is 23.4 Å². The summed E-state index contributed by atoms with van der Waals surface area (Å²) in [5.41, 5.74) is 7.13. The molecule has 176 valence electrons. The second-order valence-electron chi connectivity index (χ2n) is 8.14. The molecular formula is C24H30N4O5. The molecule has 0 bridgehead atoms. The summed E-state index contributed by atoms with van der Waals surface area (Å²) in [6, 6.07) is 12.5. The predicted octanol–water partition coefficient (Wildman–Crippen LogP) is 2.88. The minimum absolute atomic E-state index is 0.399. The van der Waals surface area contributed by atoms with Crippen LogP contribution in [-0.2, 0) is 16.0 Å². The van der Waals surface area contributed by atoms with Crippen molar-refractivity contribution in [3.63, 3.8) is 0 Å². The number of rotatable bonds is 8. The van der Waals surface area contributed by atoms with Crippen molar-refractivity contribution < 1.29 is 24.1 Å². The molecule has 0 amide bonds. The van der Waals surface area contributed by atoms with Gasteiger partial charge in [-0.3, -0.25) is 0 Å². The highest BCUT2D eigenvalue weighted by molar-refractivity contribution is 5.57. The van der Waals surface area contributed by atoms with Crippen LogP contribution in [0.2, 0.25) is 0 Å². The summed E-state index contributed by atoms with van der Waals surface area (Å²) in [6.45, 7) is 2.18. The second kappa shape index (κ2) is 9.30. The van der Waals surface area contributed by atoms with E-state index in [1.807, 2.05) is 36.4 Å². The third-order valence-electron chi connectivity index (χ3n) is 6.08. The highest BCUT2D eigenvalue weighted by Gasteiger charge is 2.54. The lowest BCUT2D eigenvalue weighted by Crippen LogP contribution is -2.62. The zero-order valence-electron chi connectivity index (χ0n) is 19.2. The summed E-state index contributed by atoms with van der Waals surface area (Å²) >= 11 is 0. The quantitative estimate of drug-likeness (QED) is 0.352. The van der Waals surface area contributed by atoms with Crippen molar-refractivity contribution in [2.75, 3.05) is 32.0 Å². The van der Waals surface area contributed by atoms with Crippen LogP contribution >= 0.6 is 0 Å². The number of nitrogens with zero attached hydrogens (tertiary/aromatic N) is 2. The van der Waals surface area contributed by atoms with E-state index in [4.69, 9.17) is 24.7 Å². The van der Waals surface area contributed by atoms with Gasteiger partial charge in [0.05, 0.1) is 19.7 Å². The van der Waals surface area contributed by atoms with Gasteiger partial charge in [-0.15, -0.1) is 0 Å². The molecule has 33 heavy (non-hydrogen) atoms. The molecule has 0 spiro atoms. The van der Waals surface area contributed by atoms with Crippen LogP contribution in [0.15, 0.2) is 54.9 Å². The van der Waals surface area contributed by atoms with Gasteiger partial charge in [-0.2, -0.15) is 0 Å². The van der Waals surface area contributed by atoms with Gasteiger partial charge in [0.2, 0.25) is 0 Å². The summed E-state index contributed by atoms with van der Waals surface area (Å²) in [7, 11) is 4.66. The van der Waals surface area contributed by atoms with Crippen LogP contribution in [0, 0.1) is 0 Å². The maximum atomic E-state index is 11.8. The molecule has 0 fully saturated rings. The maximum Gasteiger partial charge on any atom is 0.199 e. The van der Waals surface area contributed by atoms with E-state index in [0.29, 0.717) is 18.0 Å². The van der Waals surface area contributed by atoms with Crippen LogP contribution in [0.3, 0.4) is 0 Å². The second-order valence-corrected chi connectivity index (χ2v) is 8.14. The van der Waals surface area contributed by atoms with Crippen LogP contribution < -0.4 is 20.1 Å². The number of H-pyrrole nitrogens is 1. The largest absolute Gasteiger partial charge is 0.497 e. The predicted molar refractivity (Wildman–Crippen MR) is 124 cm³/mol. The van der Waals surface area contributed by atoms with E-state index in [2.05, 4.69) is 14.9 Å². The number of aliphatic hydroxyl groups excluding tert-OH is 1. The number of nitrogen functional groups attached to an aromatic ring is 1. The highest BCUT2D eigenvalue weighted by atomic mass is 16.7. The third-order valence-corrected chi connectivity index (χ3v) is 6.08. The van der Waals surface area contributed by atoms with Crippen molar-refractivity contribution in [3.05, 3.63) is 66.2 Å². The van der Waals surface area contributed by atoms with Crippen molar-refractivity contribution in [2.24, 2.45) is 0 Å². The molecule has 4 N–H and O–H groups in total. The van der Waals surface area contributed by atoms with Gasteiger partial charge in [-0.1, -0.05) is 0 Å². The number of hydrogen-bond acceptors (Lipinski definition) is 8. The van der Waals surface area contributed by atoms with E-state index in [0.717, 1.165) is 22.8 Å². The molecule has 1 aromatic heterocycles. The van der Waals surface area contributed by atoms with E-state index in [-0.39, 0.29) is 0 Å². The first kappa shape index (κ1) is 22.9. The van der Waals surface area contributed by atoms with Gasteiger partial charge in [-0.05, 0) is 49.4 Å². The molecule has 0 saturated carbocycles. The van der Waals surface area contributed by atoms with Gasteiger partial charge in [0.15, 0.2) is 11.9 Å². The lowest BCUT2D eigenvalue weighted by atomic mass is 9.83. The van der Waals surface area contributed by atoms with Gasteiger partial charge >= 0.3 is 0 Å². The van der Waals surface area contributed by atoms with Crippen LogP contribution in [0.1, 0.15) is 24.4 Å².